The standard InChI is InChI=1S/C16H20ClNO2S/c1-3-18-15(16-13(17)8-11-21-16)12-6-4-5-7-14(12)20-10-9-19-2/h4-8,11,15,18H,3,9-10H2,1-2H3. The van der Waals surface area contributed by atoms with Crippen LogP contribution in [0.2, 0.25) is 5.02 Å². The second-order valence-corrected chi connectivity index (χ2v) is 5.86. The van der Waals surface area contributed by atoms with E-state index in [1.54, 1.807) is 18.4 Å². The first-order valence-electron chi connectivity index (χ1n) is 6.94. The van der Waals surface area contributed by atoms with E-state index in [0.717, 1.165) is 27.8 Å². The summed E-state index contributed by atoms with van der Waals surface area (Å²) in [5, 5.41) is 6.29. The molecule has 5 heteroatoms. The highest BCUT2D eigenvalue weighted by Crippen LogP contribution is 2.36. The molecule has 1 aromatic carbocycles. The van der Waals surface area contributed by atoms with Crippen LogP contribution in [0.5, 0.6) is 5.75 Å². The Morgan fingerprint density at radius 1 is 1.24 bits per heavy atom. The molecule has 1 aromatic heterocycles. The van der Waals surface area contributed by atoms with Crippen molar-refractivity contribution in [3.63, 3.8) is 0 Å². The van der Waals surface area contributed by atoms with Gasteiger partial charge in [-0.3, -0.25) is 0 Å². The van der Waals surface area contributed by atoms with Crippen molar-refractivity contribution in [3.8, 4) is 5.75 Å². The third-order valence-corrected chi connectivity index (χ3v) is 4.51. The fourth-order valence-corrected chi connectivity index (χ4v) is 3.40. The quantitative estimate of drug-likeness (QED) is 0.740. The molecule has 1 unspecified atom stereocenters. The number of hydrogen-bond acceptors (Lipinski definition) is 4. The van der Waals surface area contributed by atoms with Gasteiger partial charge in [0.25, 0.3) is 0 Å². The molecular formula is C16H20ClNO2S. The number of rotatable bonds is 8. The Hall–Kier alpha value is -1.07. The number of benzene rings is 1. The fraction of sp³-hybridized carbons (Fsp3) is 0.375. The minimum absolute atomic E-state index is 0.0428. The molecule has 0 saturated heterocycles. The number of hydrogen-bond donors (Lipinski definition) is 1. The average molecular weight is 326 g/mol. The maximum Gasteiger partial charge on any atom is 0.124 e. The Balaban J connectivity index is 2.30. The summed E-state index contributed by atoms with van der Waals surface area (Å²) in [6, 6.07) is 10.0. The van der Waals surface area contributed by atoms with Crippen LogP contribution in [-0.4, -0.2) is 26.9 Å². The van der Waals surface area contributed by atoms with Crippen molar-refractivity contribution in [3.05, 3.63) is 51.2 Å². The van der Waals surface area contributed by atoms with Gasteiger partial charge in [-0.2, -0.15) is 0 Å². The smallest absolute Gasteiger partial charge is 0.124 e. The van der Waals surface area contributed by atoms with Gasteiger partial charge in [0, 0.05) is 17.6 Å². The summed E-state index contributed by atoms with van der Waals surface area (Å²) < 4.78 is 10.9. The minimum Gasteiger partial charge on any atom is -0.491 e. The van der Waals surface area contributed by atoms with Crippen LogP contribution in [0.3, 0.4) is 0 Å². The summed E-state index contributed by atoms with van der Waals surface area (Å²) >= 11 is 7.96. The van der Waals surface area contributed by atoms with Gasteiger partial charge in [-0.15, -0.1) is 11.3 Å². The van der Waals surface area contributed by atoms with E-state index in [-0.39, 0.29) is 6.04 Å². The van der Waals surface area contributed by atoms with Crippen molar-refractivity contribution >= 4 is 22.9 Å². The maximum atomic E-state index is 6.31. The Morgan fingerprint density at radius 3 is 2.71 bits per heavy atom. The van der Waals surface area contributed by atoms with E-state index in [4.69, 9.17) is 21.1 Å². The van der Waals surface area contributed by atoms with Gasteiger partial charge >= 0.3 is 0 Å². The minimum atomic E-state index is 0.0428. The van der Waals surface area contributed by atoms with Crippen molar-refractivity contribution in [2.45, 2.75) is 13.0 Å². The molecule has 2 aromatic rings. The molecule has 0 fully saturated rings. The average Bonchev–Trinajstić information content (AvgIpc) is 2.92. The van der Waals surface area contributed by atoms with Gasteiger partial charge in [0.1, 0.15) is 12.4 Å². The van der Waals surface area contributed by atoms with Gasteiger partial charge in [-0.25, -0.2) is 0 Å². The van der Waals surface area contributed by atoms with Crippen molar-refractivity contribution in [2.24, 2.45) is 0 Å². The molecule has 0 bridgehead atoms. The lowest BCUT2D eigenvalue weighted by Gasteiger charge is -2.21. The first-order chi connectivity index (χ1) is 10.3. The maximum absolute atomic E-state index is 6.31. The van der Waals surface area contributed by atoms with Crippen LogP contribution >= 0.6 is 22.9 Å². The number of thiophene rings is 1. The third kappa shape index (κ3) is 4.20. The van der Waals surface area contributed by atoms with Gasteiger partial charge in [0.05, 0.1) is 17.7 Å². The molecule has 0 aliphatic heterocycles. The van der Waals surface area contributed by atoms with Gasteiger partial charge in [-0.05, 0) is 24.1 Å². The summed E-state index contributed by atoms with van der Waals surface area (Å²) in [6.07, 6.45) is 0. The van der Waals surface area contributed by atoms with E-state index < -0.39 is 0 Å². The predicted molar refractivity (Wildman–Crippen MR) is 88.7 cm³/mol. The van der Waals surface area contributed by atoms with Gasteiger partial charge in [0.15, 0.2) is 0 Å². The first-order valence-corrected chi connectivity index (χ1v) is 8.20. The lowest BCUT2D eigenvalue weighted by Crippen LogP contribution is -2.22. The number of nitrogens with one attached hydrogen (secondary N) is 1. The van der Waals surface area contributed by atoms with Crippen LogP contribution in [0.25, 0.3) is 0 Å². The lowest BCUT2D eigenvalue weighted by molar-refractivity contribution is 0.145. The Morgan fingerprint density at radius 2 is 2.05 bits per heavy atom. The van der Waals surface area contributed by atoms with Crippen LogP contribution in [0.4, 0.5) is 0 Å². The third-order valence-electron chi connectivity index (χ3n) is 3.09. The van der Waals surface area contributed by atoms with E-state index >= 15 is 0 Å². The Labute approximate surface area is 134 Å². The van der Waals surface area contributed by atoms with Crippen LogP contribution in [0, 0.1) is 0 Å². The van der Waals surface area contributed by atoms with Gasteiger partial charge in [-0.1, -0.05) is 36.7 Å². The molecule has 0 spiro atoms. The zero-order chi connectivity index (χ0) is 15.1. The molecule has 114 valence electrons. The zero-order valence-corrected chi connectivity index (χ0v) is 13.8. The highest BCUT2D eigenvalue weighted by molar-refractivity contribution is 7.10. The van der Waals surface area contributed by atoms with Crippen molar-refractivity contribution in [1.82, 2.24) is 5.32 Å². The summed E-state index contributed by atoms with van der Waals surface area (Å²) in [7, 11) is 1.67. The van der Waals surface area contributed by atoms with E-state index in [2.05, 4.69) is 18.3 Å². The van der Waals surface area contributed by atoms with E-state index in [1.807, 2.05) is 29.6 Å². The molecule has 3 nitrogen and oxygen atoms in total. The summed E-state index contributed by atoms with van der Waals surface area (Å²) in [4.78, 5) is 1.11. The normalized spacial score (nSPS) is 12.3. The van der Waals surface area contributed by atoms with Crippen molar-refractivity contribution in [2.75, 3.05) is 26.9 Å². The molecule has 0 amide bonds. The molecule has 1 heterocycles. The fourth-order valence-electron chi connectivity index (χ4n) is 2.14. The highest BCUT2D eigenvalue weighted by Gasteiger charge is 2.20. The molecule has 0 aliphatic rings. The van der Waals surface area contributed by atoms with Gasteiger partial charge < -0.3 is 14.8 Å². The second-order valence-electron chi connectivity index (χ2n) is 4.50. The summed E-state index contributed by atoms with van der Waals surface area (Å²) in [5.74, 6) is 0.866. The molecule has 0 aliphatic carbocycles. The molecular weight excluding hydrogens is 306 g/mol. The molecule has 0 radical (unpaired) electrons. The second kappa shape index (κ2) is 8.39. The zero-order valence-electron chi connectivity index (χ0n) is 12.3. The Kier molecular flexibility index (Phi) is 6.51. The van der Waals surface area contributed by atoms with Crippen molar-refractivity contribution < 1.29 is 9.47 Å². The van der Waals surface area contributed by atoms with E-state index in [0.29, 0.717) is 13.2 Å². The monoisotopic (exact) mass is 325 g/mol. The van der Waals surface area contributed by atoms with E-state index in [1.165, 1.54) is 0 Å². The van der Waals surface area contributed by atoms with E-state index in [9.17, 15) is 0 Å². The number of para-hydroxylation sites is 1. The molecule has 1 atom stereocenters. The number of ether oxygens (including phenoxy) is 2. The largest absolute Gasteiger partial charge is 0.491 e. The molecule has 21 heavy (non-hydrogen) atoms. The summed E-state index contributed by atoms with van der Waals surface area (Å²) in [5.41, 5.74) is 1.10. The highest BCUT2D eigenvalue weighted by atomic mass is 35.5. The summed E-state index contributed by atoms with van der Waals surface area (Å²) in [6.45, 7) is 4.04. The first kappa shape index (κ1) is 16.3. The topological polar surface area (TPSA) is 30.5 Å². The van der Waals surface area contributed by atoms with Crippen molar-refractivity contribution in [1.29, 1.82) is 0 Å². The van der Waals surface area contributed by atoms with Crippen LogP contribution < -0.4 is 10.1 Å². The van der Waals surface area contributed by atoms with Crippen LogP contribution in [0.1, 0.15) is 23.4 Å². The molecule has 2 rings (SSSR count). The van der Waals surface area contributed by atoms with Crippen LogP contribution in [0.15, 0.2) is 35.7 Å². The predicted octanol–water partition coefficient (Wildman–Crippen LogP) is 4.13. The lowest BCUT2D eigenvalue weighted by atomic mass is 10.0. The molecule has 1 N–H and O–H groups in total. The number of halogens is 1. The van der Waals surface area contributed by atoms with Crippen LogP contribution in [-0.2, 0) is 4.74 Å². The number of methoxy groups -OCH3 is 1. The molecule has 0 saturated carbocycles. The van der Waals surface area contributed by atoms with Gasteiger partial charge in [0.2, 0.25) is 0 Å². The Bertz CT molecular complexity index is 559. The SMILES string of the molecule is CCNC(c1ccccc1OCCOC)c1sccc1Cl.